The summed E-state index contributed by atoms with van der Waals surface area (Å²) in [6.07, 6.45) is -5.23. The van der Waals surface area contributed by atoms with Crippen molar-refractivity contribution in [2.24, 2.45) is 0 Å². The molecule has 0 radical (unpaired) electrons. The van der Waals surface area contributed by atoms with Crippen LogP contribution in [0, 0.1) is 0 Å². The Balaban J connectivity index is 1.57. The quantitative estimate of drug-likeness (QED) is 0.470. The van der Waals surface area contributed by atoms with Crippen LogP contribution in [0.4, 0.5) is 0 Å². The van der Waals surface area contributed by atoms with Crippen molar-refractivity contribution in [3.05, 3.63) is 108 Å². The molecule has 5 atom stereocenters. The monoisotopic (exact) mass is 464 g/mol. The van der Waals surface area contributed by atoms with Gasteiger partial charge in [0.2, 0.25) is 0 Å². The summed E-state index contributed by atoms with van der Waals surface area (Å²) in [6.45, 7) is 0.0219. The molecule has 7 nitrogen and oxygen atoms in total. The van der Waals surface area contributed by atoms with Crippen LogP contribution in [0.3, 0.4) is 0 Å². The Hall–Kier alpha value is -3.07. The minimum absolute atomic E-state index is 0.195. The van der Waals surface area contributed by atoms with E-state index in [1.807, 2.05) is 60.7 Å². The Labute approximate surface area is 198 Å². The number of carbonyl (C=O) groups excluding carboxylic acids is 1. The Kier molecular flexibility index (Phi) is 8.41. The first kappa shape index (κ1) is 24.1. The molecule has 3 aromatic carbocycles. The van der Waals surface area contributed by atoms with Crippen molar-refractivity contribution in [1.82, 2.24) is 0 Å². The molecule has 7 heteroatoms. The molecular formula is C27H28O7. The van der Waals surface area contributed by atoms with Crippen molar-refractivity contribution in [2.75, 3.05) is 6.61 Å². The van der Waals surface area contributed by atoms with E-state index in [-0.39, 0.29) is 13.2 Å². The third kappa shape index (κ3) is 6.08. The van der Waals surface area contributed by atoms with Crippen LogP contribution in [0.5, 0.6) is 0 Å². The minimum atomic E-state index is -1.50. The molecule has 2 N–H and O–H groups in total. The fourth-order valence-corrected chi connectivity index (χ4v) is 3.86. The van der Waals surface area contributed by atoms with E-state index in [1.54, 1.807) is 30.3 Å². The molecule has 0 amide bonds. The number of aliphatic hydroxyl groups is 2. The minimum Gasteiger partial charge on any atom is -0.450 e. The van der Waals surface area contributed by atoms with Gasteiger partial charge in [-0.3, -0.25) is 0 Å². The van der Waals surface area contributed by atoms with Crippen molar-refractivity contribution in [1.29, 1.82) is 0 Å². The highest BCUT2D eigenvalue weighted by Crippen LogP contribution is 2.29. The summed E-state index contributed by atoms with van der Waals surface area (Å²) in [5.74, 6) is -0.620. The van der Waals surface area contributed by atoms with E-state index in [4.69, 9.17) is 18.9 Å². The third-order valence-electron chi connectivity index (χ3n) is 5.61. The van der Waals surface area contributed by atoms with Crippen LogP contribution >= 0.6 is 0 Å². The van der Waals surface area contributed by atoms with Gasteiger partial charge in [0.25, 0.3) is 0 Å². The third-order valence-corrected chi connectivity index (χ3v) is 5.61. The van der Waals surface area contributed by atoms with Gasteiger partial charge in [0.05, 0.1) is 25.4 Å². The number of aliphatic hydroxyl groups excluding tert-OH is 2. The smallest absolute Gasteiger partial charge is 0.338 e. The highest BCUT2D eigenvalue weighted by Gasteiger charge is 2.49. The SMILES string of the molecule is O=C(O[C@H]1C(O)O[C@H](CO)[C@@H](OCc2ccccc2)[C@@H]1OCc1ccccc1)c1ccccc1. The number of rotatable bonds is 9. The molecule has 0 bridgehead atoms. The van der Waals surface area contributed by atoms with Crippen LogP contribution < -0.4 is 0 Å². The van der Waals surface area contributed by atoms with Crippen molar-refractivity contribution in [2.45, 2.75) is 43.9 Å². The molecule has 0 aromatic heterocycles. The van der Waals surface area contributed by atoms with E-state index < -0.39 is 43.3 Å². The zero-order valence-corrected chi connectivity index (χ0v) is 18.6. The van der Waals surface area contributed by atoms with Gasteiger partial charge in [0, 0.05) is 0 Å². The first-order valence-corrected chi connectivity index (χ1v) is 11.2. The van der Waals surface area contributed by atoms with Crippen LogP contribution in [0.25, 0.3) is 0 Å². The van der Waals surface area contributed by atoms with Gasteiger partial charge in [-0.05, 0) is 23.3 Å². The Bertz CT molecular complexity index is 1010. The number of esters is 1. The summed E-state index contributed by atoms with van der Waals surface area (Å²) in [5.41, 5.74) is 2.16. The van der Waals surface area contributed by atoms with Gasteiger partial charge in [-0.15, -0.1) is 0 Å². The topological polar surface area (TPSA) is 94.5 Å². The lowest BCUT2D eigenvalue weighted by Crippen LogP contribution is -2.61. The molecule has 178 valence electrons. The Morgan fingerprint density at radius 1 is 0.735 bits per heavy atom. The summed E-state index contributed by atoms with van der Waals surface area (Å²) >= 11 is 0. The van der Waals surface area contributed by atoms with Crippen LogP contribution in [0.2, 0.25) is 0 Å². The summed E-state index contributed by atoms with van der Waals surface area (Å²) in [7, 11) is 0. The van der Waals surface area contributed by atoms with Gasteiger partial charge >= 0.3 is 5.97 Å². The second-order valence-corrected chi connectivity index (χ2v) is 8.01. The predicted octanol–water partition coefficient (Wildman–Crippen LogP) is 3.09. The van der Waals surface area contributed by atoms with E-state index in [0.29, 0.717) is 5.56 Å². The van der Waals surface area contributed by atoms with Crippen LogP contribution in [-0.4, -0.2) is 53.5 Å². The Morgan fingerprint density at radius 2 is 1.24 bits per heavy atom. The maximum absolute atomic E-state index is 12.8. The lowest BCUT2D eigenvalue weighted by molar-refractivity contribution is -0.304. The molecule has 1 saturated heterocycles. The van der Waals surface area contributed by atoms with Crippen LogP contribution in [-0.2, 0) is 32.2 Å². The first-order chi connectivity index (χ1) is 16.7. The van der Waals surface area contributed by atoms with E-state index in [9.17, 15) is 15.0 Å². The molecule has 0 spiro atoms. The van der Waals surface area contributed by atoms with Gasteiger partial charge in [0.1, 0.15) is 18.3 Å². The maximum Gasteiger partial charge on any atom is 0.338 e. The lowest BCUT2D eigenvalue weighted by atomic mass is 9.98. The molecular weight excluding hydrogens is 436 g/mol. The Morgan fingerprint density at radius 3 is 1.76 bits per heavy atom. The average molecular weight is 465 g/mol. The van der Waals surface area contributed by atoms with Crippen LogP contribution in [0.15, 0.2) is 91.0 Å². The normalized spacial score (nSPS) is 24.5. The molecule has 4 rings (SSSR count). The van der Waals surface area contributed by atoms with E-state index in [0.717, 1.165) is 11.1 Å². The van der Waals surface area contributed by atoms with Crippen molar-refractivity contribution in [3.8, 4) is 0 Å². The van der Waals surface area contributed by atoms with E-state index in [2.05, 4.69) is 0 Å². The zero-order chi connectivity index (χ0) is 23.8. The van der Waals surface area contributed by atoms with Crippen molar-refractivity contribution in [3.63, 3.8) is 0 Å². The largest absolute Gasteiger partial charge is 0.450 e. The van der Waals surface area contributed by atoms with E-state index in [1.165, 1.54) is 0 Å². The molecule has 1 aliphatic rings. The zero-order valence-electron chi connectivity index (χ0n) is 18.6. The number of ether oxygens (including phenoxy) is 4. The van der Waals surface area contributed by atoms with Crippen molar-refractivity contribution < 1.29 is 34.0 Å². The predicted molar refractivity (Wildman–Crippen MR) is 124 cm³/mol. The highest BCUT2D eigenvalue weighted by molar-refractivity contribution is 5.89. The standard InChI is InChI=1S/C27H28O7/c28-16-22-23(31-17-19-10-4-1-5-11-19)24(32-18-20-12-6-2-7-13-20)25(27(30)33-22)34-26(29)21-14-8-3-9-15-21/h1-15,22-25,27-28,30H,16-18H2/t22-,23-,24+,25-,27?/m1/s1. The fourth-order valence-electron chi connectivity index (χ4n) is 3.86. The lowest BCUT2D eigenvalue weighted by Gasteiger charge is -2.43. The van der Waals surface area contributed by atoms with Gasteiger partial charge in [-0.25, -0.2) is 4.79 Å². The highest BCUT2D eigenvalue weighted by atomic mass is 16.7. The van der Waals surface area contributed by atoms with Gasteiger partial charge in [-0.1, -0.05) is 78.9 Å². The fraction of sp³-hybridized carbons (Fsp3) is 0.296. The second kappa shape index (κ2) is 11.9. The summed E-state index contributed by atoms with van der Waals surface area (Å²) in [5, 5.41) is 20.6. The molecule has 1 unspecified atom stereocenters. The van der Waals surface area contributed by atoms with Crippen molar-refractivity contribution >= 4 is 5.97 Å². The van der Waals surface area contributed by atoms with Gasteiger partial charge in [0.15, 0.2) is 12.4 Å². The average Bonchev–Trinajstić information content (AvgIpc) is 2.89. The second-order valence-electron chi connectivity index (χ2n) is 8.01. The van der Waals surface area contributed by atoms with Crippen LogP contribution in [0.1, 0.15) is 21.5 Å². The maximum atomic E-state index is 12.8. The van der Waals surface area contributed by atoms with Gasteiger partial charge in [-0.2, -0.15) is 0 Å². The summed E-state index contributed by atoms with van der Waals surface area (Å²) in [4.78, 5) is 12.8. The van der Waals surface area contributed by atoms with Gasteiger partial charge < -0.3 is 29.2 Å². The molecule has 0 aliphatic carbocycles. The summed E-state index contributed by atoms with van der Waals surface area (Å²) in [6, 6.07) is 27.5. The number of benzene rings is 3. The van der Waals surface area contributed by atoms with E-state index >= 15 is 0 Å². The molecule has 1 aliphatic heterocycles. The molecule has 3 aromatic rings. The summed E-state index contributed by atoms with van der Waals surface area (Å²) < 4.78 is 23.6. The number of carbonyl (C=O) groups is 1. The molecule has 1 heterocycles. The number of hydrogen-bond donors (Lipinski definition) is 2. The number of hydrogen-bond acceptors (Lipinski definition) is 7. The molecule has 0 saturated carbocycles. The molecule has 34 heavy (non-hydrogen) atoms. The molecule has 1 fully saturated rings. The first-order valence-electron chi connectivity index (χ1n) is 11.2.